The van der Waals surface area contributed by atoms with E-state index >= 15 is 0 Å². The van der Waals surface area contributed by atoms with E-state index in [1.807, 2.05) is 6.92 Å². The van der Waals surface area contributed by atoms with Gasteiger partial charge in [0.2, 0.25) is 0 Å². The number of carbonyl (C=O) groups is 1. The lowest BCUT2D eigenvalue weighted by atomic mass is 10.1. The summed E-state index contributed by atoms with van der Waals surface area (Å²) in [7, 11) is -3.59. The van der Waals surface area contributed by atoms with Crippen LogP contribution in [-0.2, 0) is 16.3 Å². The van der Waals surface area contributed by atoms with Gasteiger partial charge in [0.05, 0.1) is 16.2 Å². The average Bonchev–Trinajstić information content (AvgIpc) is 2.37. The van der Waals surface area contributed by atoms with Crippen LogP contribution in [0.3, 0.4) is 0 Å². The molecule has 4 nitrogen and oxygen atoms in total. The van der Waals surface area contributed by atoms with Crippen LogP contribution in [0.1, 0.15) is 29.8 Å². The molecule has 6 heteroatoms. The minimum atomic E-state index is -3.59. The van der Waals surface area contributed by atoms with Crippen molar-refractivity contribution in [1.29, 1.82) is 0 Å². The molecule has 0 saturated carbocycles. The van der Waals surface area contributed by atoms with Crippen molar-refractivity contribution in [2.24, 2.45) is 0 Å². The molecule has 0 aromatic heterocycles. The topological polar surface area (TPSA) is 71.4 Å². The number of hydrogen-bond donors (Lipinski definition) is 1. The zero-order chi connectivity index (χ0) is 14.6. The van der Waals surface area contributed by atoms with Gasteiger partial charge in [0.25, 0.3) is 0 Å². The highest BCUT2D eigenvalue weighted by Gasteiger charge is 2.20. The Labute approximate surface area is 117 Å². The number of halogens is 1. The molecule has 1 rings (SSSR count). The fraction of sp³-hybridized carbons (Fsp3) is 0.308. The Morgan fingerprint density at radius 2 is 2.05 bits per heavy atom. The monoisotopic (exact) mass is 302 g/mol. The molecule has 1 N–H and O–H groups in total. The van der Waals surface area contributed by atoms with Crippen molar-refractivity contribution in [3.05, 3.63) is 40.4 Å². The second kappa shape index (κ2) is 6.21. The average molecular weight is 303 g/mol. The predicted octanol–water partition coefficient (Wildman–Crippen LogP) is 2.86. The first-order chi connectivity index (χ1) is 8.81. The van der Waals surface area contributed by atoms with Crippen LogP contribution in [0.2, 0.25) is 0 Å². The van der Waals surface area contributed by atoms with Crippen LogP contribution >= 0.6 is 11.6 Å². The summed E-state index contributed by atoms with van der Waals surface area (Å²) in [6.45, 7) is 3.43. The molecule has 1 aromatic carbocycles. The van der Waals surface area contributed by atoms with Crippen molar-refractivity contribution in [2.45, 2.75) is 25.2 Å². The van der Waals surface area contributed by atoms with Crippen LogP contribution in [-0.4, -0.2) is 25.2 Å². The lowest BCUT2D eigenvalue weighted by Crippen LogP contribution is -2.12. The van der Waals surface area contributed by atoms with Crippen molar-refractivity contribution < 1.29 is 18.3 Å². The molecular weight excluding hydrogens is 288 g/mol. The maximum absolute atomic E-state index is 12.3. The maximum Gasteiger partial charge on any atom is 0.335 e. The van der Waals surface area contributed by atoms with Crippen molar-refractivity contribution in [1.82, 2.24) is 0 Å². The second-order valence-electron chi connectivity index (χ2n) is 4.20. The Bertz CT molecular complexity index is 618. The van der Waals surface area contributed by atoms with Gasteiger partial charge in [-0.05, 0) is 36.6 Å². The van der Waals surface area contributed by atoms with E-state index in [2.05, 4.69) is 0 Å². The lowest BCUT2D eigenvalue weighted by Gasteiger charge is -2.10. The van der Waals surface area contributed by atoms with Gasteiger partial charge >= 0.3 is 5.97 Å². The first-order valence-electron chi connectivity index (χ1n) is 5.66. The molecule has 0 heterocycles. The van der Waals surface area contributed by atoms with E-state index in [1.165, 1.54) is 23.7 Å². The number of benzene rings is 1. The summed E-state index contributed by atoms with van der Waals surface area (Å²) in [5.41, 5.74) is 2.28. The molecule has 104 valence electrons. The fourth-order valence-electron chi connectivity index (χ4n) is 1.68. The minimum Gasteiger partial charge on any atom is -0.478 e. The molecule has 0 atom stereocenters. The van der Waals surface area contributed by atoms with Crippen LogP contribution in [0.4, 0.5) is 0 Å². The fourth-order valence-corrected chi connectivity index (χ4v) is 3.60. The molecule has 1 aromatic rings. The molecule has 0 fully saturated rings. The number of rotatable bonds is 5. The normalized spacial score (nSPS) is 12.5. The molecule has 0 aliphatic rings. The zero-order valence-corrected chi connectivity index (χ0v) is 12.3. The summed E-state index contributed by atoms with van der Waals surface area (Å²) in [6, 6.07) is 4.15. The molecular formula is C13H15ClO4S. The molecule has 0 spiro atoms. The first kappa shape index (κ1) is 15.7. The third kappa shape index (κ3) is 3.81. The highest BCUT2D eigenvalue weighted by atomic mass is 35.5. The number of aromatic carboxylic acids is 1. The minimum absolute atomic E-state index is 0.0386. The zero-order valence-electron chi connectivity index (χ0n) is 10.7. The number of carboxylic acid groups (broad SMARTS) is 1. The number of hydrogen-bond acceptors (Lipinski definition) is 3. The van der Waals surface area contributed by atoms with Gasteiger partial charge in [0.1, 0.15) is 0 Å². The van der Waals surface area contributed by atoms with E-state index in [1.54, 1.807) is 6.92 Å². The summed E-state index contributed by atoms with van der Waals surface area (Å²) in [5, 5.41) is 8.94. The van der Waals surface area contributed by atoms with E-state index in [9.17, 15) is 13.2 Å². The number of aryl methyl sites for hydroxylation is 1. The molecule has 0 bridgehead atoms. The van der Waals surface area contributed by atoms with Crippen LogP contribution in [0.25, 0.3) is 0 Å². The standard InChI is InChI=1S/C13H15ClO4S/c1-3-10-4-5-11(13(15)16)6-12(10)19(17,18)8-9(2)7-14/h4-7H,3,8H2,1-2H3,(H,15,16)/b9-7+. The summed E-state index contributed by atoms with van der Waals surface area (Å²) in [4.78, 5) is 11.0. The molecule has 0 unspecified atom stereocenters. The van der Waals surface area contributed by atoms with Crippen molar-refractivity contribution in [2.75, 3.05) is 5.75 Å². The Balaban J connectivity index is 3.38. The predicted molar refractivity (Wildman–Crippen MR) is 74.4 cm³/mol. The van der Waals surface area contributed by atoms with Gasteiger partial charge in [0.15, 0.2) is 9.84 Å². The SMILES string of the molecule is CCc1ccc(C(=O)O)cc1S(=O)(=O)C/C(C)=C/Cl. The third-order valence-electron chi connectivity index (χ3n) is 2.63. The largest absolute Gasteiger partial charge is 0.478 e. The highest BCUT2D eigenvalue weighted by Crippen LogP contribution is 2.21. The molecule has 0 saturated heterocycles. The summed E-state index contributed by atoms with van der Waals surface area (Å²) in [5.74, 6) is -1.37. The van der Waals surface area contributed by atoms with Gasteiger partial charge in [-0.1, -0.05) is 24.6 Å². The Hall–Kier alpha value is -1.33. The van der Waals surface area contributed by atoms with Crippen LogP contribution < -0.4 is 0 Å². The van der Waals surface area contributed by atoms with E-state index in [-0.39, 0.29) is 16.2 Å². The summed E-state index contributed by atoms with van der Waals surface area (Å²) >= 11 is 5.48. The molecule has 0 aliphatic carbocycles. The van der Waals surface area contributed by atoms with E-state index < -0.39 is 15.8 Å². The maximum atomic E-state index is 12.3. The highest BCUT2D eigenvalue weighted by molar-refractivity contribution is 7.91. The molecule has 19 heavy (non-hydrogen) atoms. The number of sulfone groups is 1. The van der Waals surface area contributed by atoms with E-state index in [4.69, 9.17) is 16.7 Å². The Kier molecular flexibility index (Phi) is 5.14. The molecule has 0 aliphatic heterocycles. The smallest absolute Gasteiger partial charge is 0.335 e. The van der Waals surface area contributed by atoms with Gasteiger partial charge in [-0.3, -0.25) is 0 Å². The summed E-state index contributed by atoms with van der Waals surface area (Å²) < 4.78 is 24.5. The lowest BCUT2D eigenvalue weighted by molar-refractivity contribution is 0.0696. The quantitative estimate of drug-likeness (QED) is 0.908. The third-order valence-corrected chi connectivity index (χ3v) is 4.89. The molecule has 0 amide bonds. The van der Waals surface area contributed by atoms with Gasteiger partial charge < -0.3 is 5.11 Å². The van der Waals surface area contributed by atoms with E-state index in [0.717, 1.165) is 0 Å². The van der Waals surface area contributed by atoms with Gasteiger partial charge in [-0.2, -0.15) is 0 Å². The van der Waals surface area contributed by atoms with Gasteiger partial charge in [-0.25, -0.2) is 13.2 Å². The summed E-state index contributed by atoms with van der Waals surface area (Å²) in [6.07, 6.45) is 0.512. The van der Waals surface area contributed by atoms with Gasteiger partial charge in [0, 0.05) is 5.54 Å². The first-order valence-corrected chi connectivity index (χ1v) is 7.75. The van der Waals surface area contributed by atoms with Crippen molar-refractivity contribution in [3.8, 4) is 0 Å². The van der Waals surface area contributed by atoms with Crippen LogP contribution in [0.15, 0.2) is 34.2 Å². The Morgan fingerprint density at radius 3 is 2.53 bits per heavy atom. The van der Waals surface area contributed by atoms with E-state index in [0.29, 0.717) is 17.6 Å². The van der Waals surface area contributed by atoms with Gasteiger partial charge in [-0.15, -0.1) is 0 Å². The second-order valence-corrected chi connectivity index (χ2v) is 6.37. The van der Waals surface area contributed by atoms with Crippen LogP contribution in [0.5, 0.6) is 0 Å². The van der Waals surface area contributed by atoms with Crippen molar-refractivity contribution >= 4 is 27.4 Å². The Morgan fingerprint density at radius 1 is 1.42 bits per heavy atom. The van der Waals surface area contributed by atoms with Crippen molar-refractivity contribution in [3.63, 3.8) is 0 Å². The molecule has 0 radical (unpaired) electrons. The number of carboxylic acids is 1. The van der Waals surface area contributed by atoms with Crippen LogP contribution in [0, 0.1) is 0 Å².